The van der Waals surface area contributed by atoms with Gasteiger partial charge in [0.2, 0.25) is 0 Å². The van der Waals surface area contributed by atoms with Crippen LogP contribution in [0.15, 0.2) is 35.5 Å². The van der Waals surface area contributed by atoms with E-state index in [1.165, 1.54) is 35.7 Å². The Labute approximate surface area is 156 Å². The number of oxime groups is 1. The number of phenolic OH excluding ortho intramolecular Hbond substituents is 1. The highest BCUT2D eigenvalue weighted by atomic mass is 16.4. The van der Waals surface area contributed by atoms with Crippen LogP contribution in [0.5, 0.6) is 5.75 Å². The molecular formula is C23H29NO2. The lowest BCUT2D eigenvalue weighted by molar-refractivity contribution is 0.305. The minimum Gasteiger partial charge on any atom is -0.507 e. The minimum absolute atomic E-state index is 0.131. The Morgan fingerprint density at radius 3 is 2.38 bits per heavy atom. The first kappa shape index (κ1) is 18.5. The molecule has 3 heteroatoms. The quantitative estimate of drug-likeness (QED) is 0.410. The third-order valence-electron chi connectivity index (χ3n) is 6.34. The second-order valence-electron chi connectivity index (χ2n) is 8.53. The number of nitrogens with zero attached hydrogens (tertiary/aromatic N) is 1. The monoisotopic (exact) mass is 351 g/mol. The summed E-state index contributed by atoms with van der Waals surface area (Å²) in [6.45, 7) is 11.4. The molecule has 1 atom stereocenters. The van der Waals surface area contributed by atoms with Crippen molar-refractivity contribution in [1.29, 1.82) is 0 Å². The van der Waals surface area contributed by atoms with Crippen molar-refractivity contribution in [3.63, 3.8) is 0 Å². The van der Waals surface area contributed by atoms with E-state index in [1.54, 1.807) is 6.07 Å². The molecule has 1 aliphatic carbocycles. The maximum atomic E-state index is 10.5. The Morgan fingerprint density at radius 2 is 1.77 bits per heavy atom. The van der Waals surface area contributed by atoms with Crippen LogP contribution < -0.4 is 0 Å². The van der Waals surface area contributed by atoms with Crippen molar-refractivity contribution in [2.75, 3.05) is 0 Å². The molecule has 0 radical (unpaired) electrons. The van der Waals surface area contributed by atoms with Crippen LogP contribution in [0.4, 0.5) is 0 Å². The van der Waals surface area contributed by atoms with Crippen molar-refractivity contribution in [1.82, 2.24) is 0 Å². The molecule has 1 aliphatic rings. The molecule has 2 aromatic carbocycles. The molecule has 26 heavy (non-hydrogen) atoms. The molecule has 3 rings (SSSR count). The Bertz CT molecular complexity index is 867. The van der Waals surface area contributed by atoms with E-state index in [1.807, 2.05) is 12.1 Å². The smallest absolute Gasteiger partial charge is 0.124 e. The van der Waals surface area contributed by atoms with Gasteiger partial charge < -0.3 is 10.3 Å². The molecular weight excluding hydrogens is 322 g/mol. The first-order chi connectivity index (χ1) is 12.2. The zero-order chi connectivity index (χ0) is 19.1. The van der Waals surface area contributed by atoms with Gasteiger partial charge in [0.25, 0.3) is 0 Å². The van der Waals surface area contributed by atoms with Gasteiger partial charge in [0.15, 0.2) is 0 Å². The molecule has 1 unspecified atom stereocenters. The minimum atomic E-state index is 0.131. The Balaban J connectivity index is 2.20. The van der Waals surface area contributed by atoms with E-state index in [0.717, 1.165) is 17.5 Å². The summed E-state index contributed by atoms with van der Waals surface area (Å²) in [5.41, 5.74) is 6.95. The van der Waals surface area contributed by atoms with Crippen molar-refractivity contribution >= 4 is 6.21 Å². The van der Waals surface area contributed by atoms with Crippen LogP contribution in [0.2, 0.25) is 0 Å². The summed E-state index contributed by atoms with van der Waals surface area (Å²) in [5, 5.41) is 22.3. The van der Waals surface area contributed by atoms with Crippen molar-refractivity contribution in [3.05, 3.63) is 52.6 Å². The van der Waals surface area contributed by atoms with Gasteiger partial charge in [0.1, 0.15) is 5.75 Å². The van der Waals surface area contributed by atoms with Crippen LogP contribution >= 0.6 is 0 Å². The summed E-state index contributed by atoms with van der Waals surface area (Å²) < 4.78 is 0. The summed E-state index contributed by atoms with van der Waals surface area (Å²) >= 11 is 0. The number of phenols is 1. The fraction of sp³-hybridized carbons (Fsp3) is 0.435. The van der Waals surface area contributed by atoms with E-state index in [0.29, 0.717) is 5.56 Å². The highest BCUT2D eigenvalue weighted by molar-refractivity contribution is 5.83. The summed E-state index contributed by atoms with van der Waals surface area (Å²) in [4.78, 5) is 0. The molecule has 138 valence electrons. The number of hydrogen-bond donors (Lipinski definition) is 2. The van der Waals surface area contributed by atoms with E-state index in [2.05, 4.69) is 51.9 Å². The number of aromatic hydroxyl groups is 1. The molecule has 3 nitrogen and oxygen atoms in total. The number of hydrogen-bond acceptors (Lipinski definition) is 3. The summed E-state index contributed by atoms with van der Waals surface area (Å²) in [6.07, 6.45) is 4.84. The Hall–Kier alpha value is -2.29. The molecule has 0 spiro atoms. The lowest BCUT2D eigenvalue weighted by Gasteiger charge is -2.44. The highest BCUT2D eigenvalue weighted by Crippen LogP contribution is 2.49. The summed E-state index contributed by atoms with van der Waals surface area (Å²) in [7, 11) is 0. The van der Waals surface area contributed by atoms with Crippen LogP contribution in [-0.4, -0.2) is 16.5 Å². The fourth-order valence-corrected chi connectivity index (χ4v) is 4.21. The molecule has 0 aromatic heterocycles. The molecule has 0 bridgehead atoms. The standard InChI is InChI=1S/C23H29NO2/c1-6-23(5)10-9-22(3,4)19-13-18(15(2)11-20(19)23)17-8-7-16(14-24-26)12-21(17)25/h7-8,11-14,25-26H,6,9-10H2,1-5H3/b24-14+. The van der Waals surface area contributed by atoms with E-state index in [9.17, 15) is 5.11 Å². The SMILES string of the molecule is CCC1(C)CCC(C)(C)c2cc(-c3ccc(/C=N/O)cc3O)c(C)cc21. The van der Waals surface area contributed by atoms with Crippen LogP contribution in [-0.2, 0) is 10.8 Å². The van der Waals surface area contributed by atoms with Crippen molar-refractivity contribution in [2.45, 2.75) is 64.7 Å². The van der Waals surface area contributed by atoms with Gasteiger partial charge in [-0.25, -0.2) is 0 Å². The number of fused-ring (bicyclic) bond motifs is 1. The number of aryl methyl sites for hydroxylation is 1. The zero-order valence-corrected chi connectivity index (χ0v) is 16.4. The van der Waals surface area contributed by atoms with Gasteiger partial charge >= 0.3 is 0 Å². The fourth-order valence-electron chi connectivity index (χ4n) is 4.21. The normalized spacial score (nSPS) is 21.7. The van der Waals surface area contributed by atoms with Crippen molar-refractivity contribution in [2.24, 2.45) is 5.16 Å². The predicted octanol–water partition coefficient (Wildman–Crippen LogP) is 5.91. The van der Waals surface area contributed by atoms with Gasteiger partial charge in [-0.3, -0.25) is 0 Å². The summed E-state index contributed by atoms with van der Waals surface area (Å²) in [6, 6.07) is 10.0. The van der Waals surface area contributed by atoms with E-state index < -0.39 is 0 Å². The number of rotatable bonds is 3. The largest absolute Gasteiger partial charge is 0.507 e. The van der Waals surface area contributed by atoms with Crippen LogP contribution in [0, 0.1) is 6.92 Å². The lowest BCUT2D eigenvalue weighted by Crippen LogP contribution is -2.35. The second-order valence-corrected chi connectivity index (χ2v) is 8.53. The third kappa shape index (κ3) is 3.00. The maximum Gasteiger partial charge on any atom is 0.124 e. The topological polar surface area (TPSA) is 52.8 Å². The first-order valence-corrected chi connectivity index (χ1v) is 9.38. The van der Waals surface area contributed by atoms with Crippen LogP contribution in [0.3, 0.4) is 0 Å². The highest BCUT2D eigenvalue weighted by Gasteiger charge is 2.39. The van der Waals surface area contributed by atoms with E-state index in [-0.39, 0.29) is 16.6 Å². The molecule has 0 amide bonds. The van der Waals surface area contributed by atoms with E-state index >= 15 is 0 Å². The molecule has 0 heterocycles. The van der Waals surface area contributed by atoms with Crippen molar-refractivity contribution < 1.29 is 10.3 Å². The molecule has 0 saturated carbocycles. The van der Waals surface area contributed by atoms with Gasteiger partial charge in [-0.15, -0.1) is 0 Å². The second kappa shape index (κ2) is 6.46. The molecule has 2 N–H and O–H groups in total. The molecule has 0 aliphatic heterocycles. The van der Waals surface area contributed by atoms with Gasteiger partial charge in [-0.1, -0.05) is 45.0 Å². The average molecular weight is 351 g/mol. The molecule has 0 saturated heterocycles. The lowest BCUT2D eigenvalue weighted by atomic mass is 9.61. The summed E-state index contributed by atoms with van der Waals surface area (Å²) in [5.74, 6) is 0.206. The van der Waals surface area contributed by atoms with E-state index in [4.69, 9.17) is 5.21 Å². The zero-order valence-electron chi connectivity index (χ0n) is 16.4. The predicted molar refractivity (Wildman–Crippen MR) is 108 cm³/mol. The Kier molecular flexibility index (Phi) is 4.60. The Morgan fingerprint density at radius 1 is 1.04 bits per heavy atom. The van der Waals surface area contributed by atoms with Gasteiger partial charge in [0, 0.05) is 5.56 Å². The molecule has 0 fully saturated rings. The third-order valence-corrected chi connectivity index (χ3v) is 6.34. The number of benzene rings is 2. The maximum absolute atomic E-state index is 10.5. The van der Waals surface area contributed by atoms with Gasteiger partial charge in [-0.05, 0) is 83.0 Å². The van der Waals surface area contributed by atoms with Gasteiger partial charge in [-0.2, -0.15) is 0 Å². The first-order valence-electron chi connectivity index (χ1n) is 9.38. The van der Waals surface area contributed by atoms with Gasteiger partial charge in [0.05, 0.1) is 6.21 Å². The average Bonchev–Trinajstić information content (AvgIpc) is 2.59. The van der Waals surface area contributed by atoms with Crippen LogP contribution in [0.1, 0.15) is 69.2 Å². The molecule has 2 aromatic rings. The van der Waals surface area contributed by atoms with Crippen LogP contribution in [0.25, 0.3) is 11.1 Å². The van der Waals surface area contributed by atoms with Crippen molar-refractivity contribution in [3.8, 4) is 16.9 Å².